The number of pyridine rings is 1. The van der Waals surface area contributed by atoms with Crippen LogP contribution in [0.15, 0.2) is 109 Å². The third-order valence-electron chi connectivity index (χ3n) is 7.97. The van der Waals surface area contributed by atoms with Gasteiger partial charge in [-0.1, -0.05) is 55.5 Å². The molecule has 1 heterocycles. The predicted molar refractivity (Wildman–Crippen MR) is 198 cm³/mol. The molecule has 9 nitrogen and oxygen atoms in total. The molecule has 0 saturated carbocycles. The van der Waals surface area contributed by atoms with Crippen molar-refractivity contribution in [3.05, 3.63) is 149 Å². The van der Waals surface area contributed by atoms with Crippen molar-refractivity contribution in [3.8, 4) is 17.2 Å². The zero-order chi connectivity index (χ0) is 35.5. The fraction of sp³-hybridized carbons (Fsp3) is 0.225. The van der Waals surface area contributed by atoms with E-state index < -0.39 is 10.0 Å². The van der Waals surface area contributed by atoms with E-state index in [2.05, 4.69) is 19.5 Å². The highest BCUT2D eigenvalue weighted by Gasteiger charge is 2.16. The molecule has 0 fully saturated rings. The van der Waals surface area contributed by atoms with Crippen LogP contribution in [0.5, 0.6) is 17.2 Å². The van der Waals surface area contributed by atoms with E-state index in [1.807, 2.05) is 80.7 Å². The Hall–Kier alpha value is -5.66. The Morgan fingerprint density at radius 1 is 0.880 bits per heavy atom. The van der Waals surface area contributed by atoms with Crippen LogP contribution in [0.2, 0.25) is 0 Å². The molecule has 1 N–H and O–H groups in total. The van der Waals surface area contributed by atoms with E-state index in [-0.39, 0.29) is 5.78 Å². The monoisotopic (exact) mass is 688 g/mol. The van der Waals surface area contributed by atoms with E-state index in [0.717, 1.165) is 40.6 Å². The van der Waals surface area contributed by atoms with Crippen molar-refractivity contribution in [1.82, 2.24) is 4.98 Å². The Morgan fingerprint density at radius 2 is 1.58 bits per heavy atom. The number of rotatable bonds is 16. The molecule has 0 radical (unpaired) electrons. The molecule has 0 unspecified atom stereocenters. The lowest BCUT2D eigenvalue weighted by Crippen LogP contribution is -2.23. The number of nitrogens with zero attached hydrogens (tertiary/aromatic N) is 3. The third kappa shape index (κ3) is 10.2. The first-order valence-electron chi connectivity index (χ1n) is 16.4. The van der Waals surface area contributed by atoms with Crippen molar-refractivity contribution in [3.63, 3.8) is 0 Å². The van der Waals surface area contributed by atoms with Crippen LogP contribution in [0, 0.1) is 13.5 Å². The molecule has 0 spiro atoms. The third-order valence-corrected chi connectivity index (χ3v) is 8.56. The molecule has 50 heavy (non-hydrogen) atoms. The Kier molecular flexibility index (Phi) is 11.9. The van der Waals surface area contributed by atoms with Crippen LogP contribution in [0.25, 0.3) is 4.85 Å². The number of sulfonamides is 1. The number of anilines is 2. The number of hydrogen-bond donors (Lipinski definition) is 1. The van der Waals surface area contributed by atoms with Gasteiger partial charge in [-0.3, -0.25) is 14.5 Å². The number of ketones is 1. The first kappa shape index (κ1) is 35.6. The van der Waals surface area contributed by atoms with Crippen molar-refractivity contribution in [2.45, 2.75) is 46.2 Å². The zero-order valence-electron chi connectivity index (χ0n) is 28.4. The van der Waals surface area contributed by atoms with Crippen molar-refractivity contribution in [1.29, 1.82) is 0 Å². The maximum Gasteiger partial charge on any atom is 0.229 e. The van der Waals surface area contributed by atoms with Gasteiger partial charge in [0, 0.05) is 55.6 Å². The van der Waals surface area contributed by atoms with E-state index >= 15 is 0 Å². The Labute approximate surface area is 294 Å². The number of ether oxygens (including phenoxy) is 2. The second-order valence-electron chi connectivity index (χ2n) is 12.0. The number of aromatic nitrogens is 1. The van der Waals surface area contributed by atoms with Gasteiger partial charge in [-0.25, -0.2) is 13.3 Å². The molecular formula is C40H40N4O5S. The van der Waals surface area contributed by atoms with Gasteiger partial charge in [-0.2, -0.15) is 0 Å². The molecule has 5 rings (SSSR count). The SMILES string of the molecule is [C-]#[N+]c1ccc(CN(Cc2ccc(Oc3cc(OCCc4cccnc4)cc(C(=O)CCC)c3)cc2)c2cccc(NS(C)(=O)=O)c2C)cc1. The highest BCUT2D eigenvalue weighted by Crippen LogP contribution is 2.32. The number of hydrogen-bond acceptors (Lipinski definition) is 7. The van der Waals surface area contributed by atoms with E-state index in [1.165, 1.54) is 0 Å². The normalized spacial score (nSPS) is 11.0. The average Bonchev–Trinajstić information content (AvgIpc) is 3.10. The first-order chi connectivity index (χ1) is 24.1. The summed E-state index contributed by atoms with van der Waals surface area (Å²) < 4.78 is 39.0. The fourth-order valence-electron chi connectivity index (χ4n) is 5.50. The van der Waals surface area contributed by atoms with Crippen molar-refractivity contribution < 1.29 is 22.7 Å². The van der Waals surface area contributed by atoms with Gasteiger partial charge in [-0.05, 0) is 78.1 Å². The Balaban J connectivity index is 1.36. The van der Waals surface area contributed by atoms with Gasteiger partial charge in [0.25, 0.3) is 0 Å². The quantitative estimate of drug-likeness (QED) is 0.0816. The van der Waals surface area contributed by atoms with Crippen LogP contribution in [0.4, 0.5) is 17.1 Å². The summed E-state index contributed by atoms with van der Waals surface area (Å²) in [4.78, 5) is 22.7. The molecule has 10 heteroatoms. The summed E-state index contributed by atoms with van der Waals surface area (Å²) >= 11 is 0. The van der Waals surface area contributed by atoms with E-state index in [0.29, 0.717) is 66.7 Å². The standard InChI is InChI=1S/C40H40N4O5S/c1-5-8-40(45)33-23-36(48-22-20-30-9-7-21-42-26-30)25-37(24-33)49-35-18-14-32(15-19-35)28-44(27-31-12-16-34(41-3)17-13-31)39-11-6-10-38(29(39)2)43-50(4,46)47/h6-7,9-19,21,23-26,43H,5,8,20,22,27-28H2,1-2,4H3. The van der Waals surface area contributed by atoms with E-state index in [9.17, 15) is 13.2 Å². The summed E-state index contributed by atoms with van der Waals surface area (Å²) in [6, 6.07) is 29.9. The molecular weight excluding hydrogens is 649 g/mol. The van der Waals surface area contributed by atoms with Crippen LogP contribution in [-0.4, -0.2) is 32.0 Å². The van der Waals surface area contributed by atoms with Gasteiger partial charge in [0.1, 0.15) is 17.2 Å². The van der Waals surface area contributed by atoms with E-state index in [4.69, 9.17) is 16.0 Å². The maximum atomic E-state index is 12.9. The Morgan fingerprint density at radius 3 is 2.22 bits per heavy atom. The van der Waals surface area contributed by atoms with Crippen LogP contribution in [0.3, 0.4) is 0 Å². The molecule has 1 aromatic heterocycles. The lowest BCUT2D eigenvalue weighted by molar-refractivity contribution is 0.0981. The molecule has 0 aliphatic heterocycles. The minimum Gasteiger partial charge on any atom is -0.493 e. The highest BCUT2D eigenvalue weighted by molar-refractivity contribution is 7.92. The molecule has 4 aromatic carbocycles. The fourth-order valence-corrected chi connectivity index (χ4v) is 6.12. The number of benzene rings is 4. The van der Waals surface area contributed by atoms with E-state index in [1.54, 1.807) is 42.6 Å². The van der Waals surface area contributed by atoms with Gasteiger partial charge in [-0.15, -0.1) is 0 Å². The molecule has 0 amide bonds. The van der Waals surface area contributed by atoms with Crippen LogP contribution >= 0.6 is 0 Å². The van der Waals surface area contributed by atoms with Crippen LogP contribution in [-0.2, 0) is 29.5 Å². The summed E-state index contributed by atoms with van der Waals surface area (Å²) in [5.41, 5.74) is 6.37. The average molecular weight is 689 g/mol. The smallest absolute Gasteiger partial charge is 0.229 e. The molecule has 0 saturated heterocycles. The summed E-state index contributed by atoms with van der Waals surface area (Å²) in [7, 11) is -3.47. The van der Waals surface area contributed by atoms with Crippen molar-refractivity contribution in [2.24, 2.45) is 0 Å². The minimum absolute atomic E-state index is 0.0281. The second kappa shape index (κ2) is 16.6. The number of nitrogens with one attached hydrogen (secondary N) is 1. The molecule has 0 aliphatic carbocycles. The highest BCUT2D eigenvalue weighted by atomic mass is 32.2. The van der Waals surface area contributed by atoms with Gasteiger partial charge in [0.2, 0.25) is 10.0 Å². The number of Topliss-reactive ketones (excluding diaryl/α,β-unsaturated/α-hetero) is 1. The molecule has 256 valence electrons. The van der Waals surface area contributed by atoms with Gasteiger partial charge < -0.3 is 14.4 Å². The lowest BCUT2D eigenvalue weighted by atomic mass is 10.1. The Bertz CT molecular complexity index is 2060. The van der Waals surface area contributed by atoms with Crippen LogP contribution in [0.1, 0.15) is 52.4 Å². The first-order valence-corrected chi connectivity index (χ1v) is 18.2. The van der Waals surface area contributed by atoms with Crippen LogP contribution < -0.4 is 19.1 Å². The second-order valence-corrected chi connectivity index (χ2v) is 13.8. The van der Waals surface area contributed by atoms with Gasteiger partial charge in [0.05, 0.1) is 25.1 Å². The molecule has 0 aliphatic rings. The van der Waals surface area contributed by atoms with Crippen molar-refractivity contribution in [2.75, 3.05) is 22.5 Å². The summed E-state index contributed by atoms with van der Waals surface area (Å²) in [6.45, 7) is 12.6. The minimum atomic E-state index is -3.47. The lowest BCUT2D eigenvalue weighted by Gasteiger charge is -2.28. The summed E-state index contributed by atoms with van der Waals surface area (Å²) in [5.74, 6) is 1.70. The number of carbonyl (C=O) groups is 1. The topological polar surface area (TPSA) is 102 Å². The summed E-state index contributed by atoms with van der Waals surface area (Å²) in [5, 5.41) is 0. The summed E-state index contributed by atoms with van der Waals surface area (Å²) in [6.07, 6.45) is 6.53. The molecule has 5 aromatic rings. The molecule has 0 atom stereocenters. The predicted octanol–water partition coefficient (Wildman–Crippen LogP) is 8.92. The van der Waals surface area contributed by atoms with Gasteiger partial charge in [0.15, 0.2) is 11.5 Å². The largest absolute Gasteiger partial charge is 0.493 e. The molecule has 0 bridgehead atoms. The number of carbonyl (C=O) groups excluding carboxylic acids is 1. The van der Waals surface area contributed by atoms with Gasteiger partial charge >= 0.3 is 0 Å². The van der Waals surface area contributed by atoms with Crippen molar-refractivity contribution >= 4 is 32.9 Å². The zero-order valence-corrected chi connectivity index (χ0v) is 29.2. The maximum absolute atomic E-state index is 12.9.